The number of carboxylic acid groups (broad SMARTS) is 1. The number of halogens is 3. The smallest absolute Gasteiger partial charge is 0.407 e. The van der Waals surface area contributed by atoms with Crippen LogP contribution in [-0.4, -0.2) is 64.3 Å². The summed E-state index contributed by atoms with van der Waals surface area (Å²) in [5, 5.41) is 12.1. The van der Waals surface area contributed by atoms with E-state index in [1.54, 1.807) is 6.07 Å². The molecule has 9 nitrogen and oxygen atoms in total. The minimum Gasteiger partial charge on any atom is -0.496 e. The van der Waals surface area contributed by atoms with Crippen molar-refractivity contribution in [1.82, 2.24) is 14.9 Å². The quantitative estimate of drug-likeness (QED) is 0.477. The first-order valence-electron chi connectivity index (χ1n) is 11.0. The molecule has 36 heavy (non-hydrogen) atoms. The van der Waals surface area contributed by atoms with Crippen molar-refractivity contribution in [1.29, 1.82) is 0 Å². The van der Waals surface area contributed by atoms with E-state index in [9.17, 15) is 23.5 Å². The van der Waals surface area contributed by atoms with Crippen LogP contribution >= 0.6 is 15.9 Å². The molecule has 12 heteroatoms. The number of nitrogens with one attached hydrogen (secondary N) is 1. The Morgan fingerprint density at radius 3 is 2.69 bits per heavy atom. The van der Waals surface area contributed by atoms with Crippen LogP contribution in [0.15, 0.2) is 47.1 Å². The lowest BCUT2D eigenvalue weighted by atomic mass is 10.1. The van der Waals surface area contributed by atoms with Crippen molar-refractivity contribution in [3.8, 4) is 17.1 Å². The predicted molar refractivity (Wildman–Crippen MR) is 130 cm³/mol. The van der Waals surface area contributed by atoms with E-state index >= 15 is 0 Å². The fourth-order valence-corrected chi connectivity index (χ4v) is 5.47. The number of likely N-dealkylation sites (tertiary alicyclic amines) is 1. The van der Waals surface area contributed by atoms with Gasteiger partial charge in [-0.25, -0.2) is 23.5 Å². The molecule has 0 radical (unpaired) electrons. The zero-order valence-corrected chi connectivity index (χ0v) is 20.5. The molecule has 2 saturated heterocycles. The van der Waals surface area contributed by atoms with Gasteiger partial charge < -0.3 is 25.0 Å². The zero-order chi connectivity index (χ0) is 25.6. The van der Waals surface area contributed by atoms with Crippen LogP contribution < -0.4 is 15.0 Å². The van der Waals surface area contributed by atoms with E-state index < -0.39 is 23.6 Å². The van der Waals surface area contributed by atoms with Gasteiger partial charge in [-0.3, -0.25) is 4.79 Å². The molecule has 1 aromatic heterocycles. The van der Waals surface area contributed by atoms with Crippen molar-refractivity contribution in [3.05, 3.63) is 64.4 Å². The largest absolute Gasteiger partial charge is 0.496 e. The van der Waals surface area contributed by atoms with Crippen LogP contribution in [0, 0.1) is 11.6 Å². The zero-order valence-electron chi connectivity index (χ0n) is 18.9. The number of hydrogen-bond donors (Lipinski definition) is 2. The number of benzene rings is 2. The van der Waals surface area contributed by atoms with E-state index in [1.807, 2.05) is 4.90 Å². The first kappa shape index (κ1) is 23.9. The molecule has 2 aliphatic rings. The third-order valence-corrected chi connectivity index (χ3v) is 6.96. The van der Waals surface area contributed by atoms with E-state index in [-0.39, 0.29) is 40.6 Å². The topological polar surface area (TPSA) is 108 Å². The van der Waals surface area contributed by atoms with E-state index in [4.69, 9.17) is 4.74 Å². The number of aromatic nitrogens is 2. The fraction of sp³-hybridized carbons (Fsp3) is 0.250. The summed E-state index contributed by atoms with van der Waals surface area (Å²) >= 11 is 3.39. The second-order valence-corrected chi connectivity index (χ2v) is 9.31. The monoisotopic (exact) mass is 559 g/mol. The van der Waals surface area contributed by atoms with Gasteiger partial charge in [0.2, 0.25) is 0 Å². The Kier molecular flexibility index (Phi) is 6.20. The molecule has 0 aliphatic carbocycles. The van der Waals surface area contributed by atoms with Gasteiger partial charge in [-0.05, 0) is 52.7 Å². The third-order valence-electron chi connectivity index (χ3n) is 6.36. The second-order valence-electron chi connectivity index (χ2n) is 8.45. The molecule has 5 rings (SSSR count). The number of ether oxygens (including phenoxy) is 1. The van der Waals surface area contributed by atoms with Crippen LogP contribution in [0.5, 0.6) is 5.75 Å². The Morgan fingerprint density at radius 2 is 2.00 bits per heavy atom. The molecule has 2 aromatic carbocycles. The number of nitrogens with zero attached hydrogens (tertiary/aromatic N) is 4. The number of fused-ring (bicyclic) bond motifs is 2. The van der Waals surface area contributed by atoms with Gasteiger partial charge in [-0.15, -0.1) is 0 Å². The van der Waals surface area contributed by atoms with Gasteiger partial charge in [0.25, 0.3) is 5.91 Å². The summed E-state index contributed by atoms with van der Waals surface area (Å²) in [5.41, 5.74) is 0.703. The summed E-state index contributed by atoms with van der Waals surface area (Å²) < 4.78 is 34.5. The average molecular weight is 560 g/mol. The summed E-state index contributed by atoms with van der Waals surface area (Å²) in [6.45, 7) is 0.728. The van der Waals surface area contributed by atoms with Crippen LogP contribution in [-0.2, 0) is 0 Å². The maximum atomic E-state index is 14.5. The highest BCUT2D eigenvalue weighted by atomic mass is 79.9. The lowest BCUT2D eigenvalue weighted by Gasteiger charge is -2.35. The number of carbonyl (C=O) groups excluding carboxylic acids is 1. The Bertz CT molecular complexity index is 1370. The van der Waals surface area contributed by atoms with Gasteiger partial charge in [0.05, 0.1) is 30.1 Å². The van der Waals surface area contributed by atoms with Gasteiger partial charge in [-0.1, -0.05) is 6.07 Å². The lowest BCUT2D eigenvalue weighted by molar-refractivity contribution is 0.102. The minimum atomic E-state index is -0.972. The number of anilines is 2. The van der Waals surface area contributed by atoms with Crippen molar-refractivity contribution in [2.24, 2.45) is 0 Å². The Labute approximate surface area is 212 Å². The number of amides is 2. The standard InChI is InChI=1S/C24H20BrF2N5O4/c1-36-19-4-2-3-16(27)20(19)22-28-6-5-17(29-22)23(33)30-18-8-12(26)7-15(25)21(18)31-10-14-9-13(31)11-32(14)24(34)35/h2-8,13-14H,9-11H2,1H3,(H,30,33)(H,34,35)/t13-,14-/m1/s1. The number of piperazine rings is 1. The average Bonchev–Trinajstić information content (AvgIpc) is 3.45. The highest BCUT2D eigenvalue weighted by Crippen LogP contribution is 2.43. The van der Waals surface area contributed by atoms with Gasteiger partial charge in [0, 0.05) is 29.8 Å². The molecule has 186 valence electrons. The molecular weight excluding hydrogens is 540 g/mol. The summed E-state index contributed by atoms with van der Waals surface area (Å²) in [7, 11) is 1.39. The number of methoxy groups -OCH3 is 1. The van der Waals surface area contributed by atoms with Crippen molar-refractivity contribution in [2.75, 3.05) is 30.4 Å². The van der Waals surface area contributed by atoms with Gasteiger partial charge in [-0.2, -0.15) is 0 Å². The van der Waals surface area contributed by atoms with Crippen molar-refractivity contribution in [3.63, 3.8) is 0 Å². The minimum absolute atomic E-state index is 0.0138. The molecule has 2 amide bonds. The highest BCUT2D eigenvalue weighted by molar-refractivity contribution is 9.10. The van der Waals surface area contributed by atoms with Crippen molar-refractivity contribution < 1.29 is 28.2 Å². The summed E-state index contributed by atoms with van der Waals surface area (Å²) in [5.74, 6) is -1.66. The SMILES string of the molecule is COc1cccc(F)c1-c1nccc(C(=O)Nc2cc(F)cc(Br)c2N2C[C@H]3C[C@@H]2CN3C(=O)O)n1. The molecule has 2 fully saturated rings. The normalized spacial score (nSPS) is 18.4. The molecule has 2 bridgehead atoms. The van der Waals surface area contributed by atoms with Crippen LogP contribution in [0.3, 0.4) is 0 Å². The fourth-order valence-electron chi connectivity index (χ4n) is 4.81. The Hall–Kier alpha value is -3.80. The Morgan fingerprint density at radius 1 is 1.19 bits per heavy atom. The van der Waals surface area contributed by atoms with E-state index in [1.165, 1.54) is 48.5 Å². The molecule has 2 N–H and O–H groups in total. The van der Waals surface area contributed by atoms with Crippen molar-refractivity contribution in [2.45, 2.75) is 18.5 Å². The molecule has 0 spiro atoms. The summed E-state index contributed by atoms with van der Waals surface area (Å²) in [6.07, 6.45) is 0.995. The molecule has 3 heterocycles. The Balaban J connectivity index is 1.45. The van der Waals surface area contributed by atoms with E-state index in [2.05, 4.69) is 31.2 Å². The molecule has 0 saturated carbocycles. The first-order chi connectivity index (χ1) is 17.3. The first-order valence-corrected chi connectivity index (χ1v) is 11.8. The van der Waals surface area contributed by atoms with E-state index in [0.29, 0.717) is 29.7 Å². The summed E-state index contributed by atoms with van der Waals surface area (Å²) in [4.78, 5) is 36.3. The van der Waals surface area contributed by atoms with Crippen LogP contribution in [0.1, 0.15) is 16.9 Å². The molecule has 0 unspecified atom stereocenters. The van der Waals surface area contributed by atoms with Gasteiger partial charge >= 0.3 is 6.09 Å². The summed E-state index contributed by atoms with van der Waals surface area (Å²) in [6, 6.07) is 7.83. The number of carbonyl (C=O) groups is 2. The molecular formula is C24H20BrF2N5O4. The molecule has 3 aromatic rings. The van der Waals surface area contributed by atoms with Crippen LogP contribution in [0.25, 0.3) is 11.4 Å². The second kappa shape index (κ2) is 9.34. The third kappa shape index (κ3) is 4.21. The van der Waals surface area contributed by atoms with Crippen molar-refractivity contribution >= 4 is 39.3 Å². The maximum Gasteiger partial charge on any atom is 0.407 e. The predicted octanol–water partition coefficient (Wildman–Crippen LogP) is 4.39. The molecule has 2 atom stereocenters. The lowest BCUT2D eigenvalue weighted by Crippen LogP contribution is -2.48. The maximum absolute atomic E-state index is 14.5. The van der Waals surface area contributed by atoms with Crippen LogP contribution in [0.4, 0.5) is 25.0 Å². The number of rotatable bonds is 5. The highest BCUT2D eigenvalue weighted by Gasteiger charge is 2.46. The van der Waals surface area contributed by atoms with Crippen LogP contribution in [0.2, 0.25) is 0 Å². The van der Waals surface area contributed by atoms with E-state index in [0.717, 1.165) is 0 Å². The van der Waals surface area contributed by atoms with Gasteiger partial charge in [0.15, 0.2) is 5.82 Å². The molecule has 2 aliphatic heterocycles. The number of hydrogen-bond acceptors (Lipinski definition) is 6. The van der Waals surface area contributed by atoms with Gasteiger partial charge in [0.1, 0.15) is 23.1 Å².